The first-order valence-electron chi connectivity index (χ1n) is 22.0. The number of para-hydroxylation sites is 1. The zero-order chi connectivity index (χ0) is 43.5. The van der Waals surface area contributed by atoms with Gasteiger partial charge in [0, 0.05) is 56.9 Å². The number of rotatable bonds is 13. The maximum absolute atomic E-state index is 14.0. The minimum absolute atomic E-state index is 0.127. The van der Waals surface area contributed by atoms with Gasteiger partial charge in [-0.2, -0.15) is 0 Å². The Labute approximate surface area is 365 Å². The summed E-state index contributed by atoms with van der Waals surface area (Å²) in [7, 11) is 2.60. The molecule has 4 aliphatic heterocycles. The Morgan fingerprint density at radius 1 is 0.698 bits per heavy atom. The van der Waals surface area contributed by atoms with Crippen LogP contribution in [0.2, 0.25) is 0 Å². The standard InChI is InChI=1S/C46H55N9O8/c1-60-45(58)51-39(30-16-20-62-26-30)43(56)54-18-6-10-37(54)41-47-33-14-12-28(22-35(33)49-41)24-53(32-8-4-3-5-9-32)25-29-13-15-34-36(23-29)50-42(48-34)38-11-7-19-55(38)44(57)40(52-46(59)61-2)31-17-21-63-27-31/h3-5,8-9,12-15,22-23,30-31,37-40H,6-7,10-11,16-21,24-27H2,1-2H3,(H,47,49)(H,48,50)(H,51,58)(H,52,59). The van der Waals surface area contributed by atoms with Crippen LogP contribution in [0.3, 0.4) is 0 Å². The summed E-state index contributed by atoms with van der Waals surface area (Å²) in [5.41, 5.74) is 6.65. The summed E-state index contributed by atoms with van der Waals surface area (Å²) in [4.78, 5) is 75.6. The fourth-order valence-electron chi connectivity index (χ4n) is 9.74. The van der Waals surface area contributed by atoms with Crippen molar-refractivity contribution in [3.05, 3.63) is 89.5 Å². The molecule has 2 aromatic heterocycles. The van der Waals surface area contributed by atoms with Crippen LogP contribution in [0, 0.1) is 11.8 Å². The number of nitrogens with zero attached hydrogens (tertiary/aromatic N) is 5. The number of fused-ring (bicyclic) bond motifs is 2. The highest BCUT2D eigenvalue weighted by Gasteiger charge is 2.42. The molecule has 17 nitrogen and oxygen atoms in total. The number of likely N-dealkylation sites (tertiary alicyclic amines) is 2. The highest BCUT2D eigenvalue weighted by molar-refractivity contribution is 5.88. The molecule has 4 amide bonds. The molecule has 0 bridgehead atoms. The minimum Gasteiger partial charge on any atom is -0.453 e. The molecule has 4 N–H and O–H groups in total. The third-order valence-electron chi connectivity index (χ3n) is 13.0. The predicted octanol–water partition coefficient (Wildman–Crippen LogP) is 5.50. The predicted molar refractivity (Wildman–Crippen MR) is 232 cm³/mol. The average molecular weight is 862 g/mol. The van der Waals surface area contributed by atoms with Crippen LogP contribution in [0.15, 0.2) is 66.7 Å². The van der Waals surface area contributed by atoms with Crippen LogP contribution in [0.5, 0.6) is 0 Å². The maximum Gasteiger partial charge on any atom is 0.407 e. The molecule has 0 aliphatic carbocycles. The number of amides is 4. The molecule has 0 saturated carbocycles. The van der Waals surface area contributed by atoms with E-state index in [0.29, 0.717) is 65.4 Å². The second-order valence-corrected chi connectivity index (χ2v) is 17.0. The Kier molecular flexibility index (Phi) is 12.5. The molecule has 63 heavy (non-hydrogen) atoms. The number of aromatic nitrogens is 4. The molecule has 4 aliphatic rings. The van der Waals surface area contributed by atoms with Gasteiger partial charge in [-0.05, 0) is 86.1 Å². The molecule has 3 aromatic carbocycles. The SMILES string of the molecule is COC(=O)NC(C(=O)N1CCCC1c1nc2ccc(CN(Cc3ccc4nc(C5CCCN5C(=O)C(NC(=O)OC)C5CCOC5)[nH]c4c3)c3ccccc3)cc2[nH]1)C1CCOC1. The van der Waals surface area contributed by atoms with Gasteiger partial charge in [0.1, 0.15) is 23.7 Å². The summed E-state index contributed by atoms with van der Waals surface area (Å²) < 4.78 is 20.9. The monoisotopic (exact) mass is 861 g/mol. The van der Waals surface area contributed by atoms with E-state index in [9.17, 15) is 19.2 Å². The van der Waals surface area contributed by atoms with Crippen molar-refractivity contribution in [2.75, 3.05) is 58.6 Å². The lowest BCUT2D eigenvalue weighted by atomic mass is 9.97. The summed E-state index contributed by atoms with van der Waals surface area (Å²) in [6.07, 6.45) is 3.28. The van der Waals surface area contributed by atoms with Crippen LogP contribution in [-0.4, -0.2) is 120 Å². The number of aromatic amines is 2. The number of ether oxygens (including phenoxy) is 4. The van der Waals surface area contributed by atoms with Crippen molar-refractivity contribution in [1.29, 1.82) is 0 Å². The van der Waals surface area contributed by atoms with Gasteiger partial charge in [-0.1, -0.05) is 30.3 Å². The molecule has 0 spiro atoms. The van der Waals surface area contributed by atoms with Crippen LogP contribution in [0.25, 0.3) is 22.1 Å². The topological polar surface area (TPSA) is 196 Å². The third kappa shape index (κ3) is 9.02. The van der Waals surface area contributed by atoms with Crippen LogP contribution in [-0.2, 0) is 41.6 Å². The number of nitrogens with one attached hydrogen (secondary N) is 4. The normalized spacial score (nSPS) is 22.1. The highest BCUT2D eigenvalue weighted by Crippen LogP contribution is 2.36. The first-order valence-corrected chi connectivity index (χ1v) is 22.0. The lowest BCUT2D eigenvalue weighted by molar-refractivity contribution is -0.136. The van der Waals surface area contributed by atoms with E-state index < -0.39 is 24.3 Å². The quantitative estimate of drug-likeness (QED) is 0.117. The zero-order valence-electron chi connectivity index (χ0n) is 35.7. The fraction of sp³-hybridized carbons (Fsp3) is 0.478. The molecule has 0 radical (unpaired) electrons. The third-order valence-corrected chi connectivity index (χ3v) is 13.0. The molecule has 5 aromatic rings. The van der Waals surface area contributed by atoms with Crippen molar-refractivity contribution < 1.29 is 38.1 Å². The second-order valence-electron chi connectivity index (χ2n) is 17.0. The van der Waals surface area contributed by atoms with E-state index in [1.54, 1.807) is 0 Å². The van der Waals surface area contributed by atoms with Crippen LogP contribution in [0.1, 0.15) is 73.4 Å². The van der Waals surface area contributed by atoms with Gasteiger partial charge in [-0.25, -0.2) is 19.6 Å². The second kappa shape index (κ2) is 18.6. The fourth-order valence-corrected chi connectivity index (χ4v) is 9.74. The van der Waals surface area contributed by atoms with Gasteiger partial charge in [0.05, 0.1) is 61.6 Å². The van der Waals surface area contributed by atoms with Crippen molar-refractivity contribution in [2.24, 2.45) is 11.8 Å². The van der Waals surface area contributed by atoms with Gasteiger partial charge < -0.3 is 54.2 Å². The van der Waals surface area contributed by atoms with Crippen molar-refractivity contribution in [2.45, 2.75) is 75.8 Å². The van der Waals surface area contributed by atoms with Gasteiger partial charge in [0.2, 0.25) is 11.8 Å². The smallest absolute Gasteiger partial charge is 0.407 e. The van der Waals surface area contributed by atoms with Crippen LogP contribution < -0.4 is 15.5 Å². The largest absolute Gasteiger partial charge is 0.453 e. The maximum atomic E-state index is 14.0. The van der Waals surface area contributed by atoms with Crippen LogP contribution in [0.4, 0.5) is 15.3 Å². The first kappa shape index (κ1) is 42.1. The van der Waals surface area contributed by atoms with Crippen molar-refractivity contribution in [3.63, 3.8) is 0 Å². The number of alkyl carbamates (subject to hydrolysis) is 2. The van der Waals surface area contributed by atoms with E-state index in [4.69, 9.17) is 28.9 Å². The van der Waals surface area contributed by atoms with Gasteiger partial charge in [-0.3, -0.25) is 9.59 Å². The molecule has 6 unspecified atom stereocenters. The molecule has 332 valence electrons. The van der Waals surface area contributed by atoms with E-state index in [-0.39, 0.29) is 35.7 Å². The Morgan fingerprint density at radius 3 is 1.60 bits per heavy atom. The lowest BCUT2D eigenvalue weighted by Gasteiger charge is -2.30. The number of anilines is 1. The summed E-state index contributed by atoms with van der Waals surface area (Å²) in [6, 6.07) is 20.8. The molecule has 6 atom stereocenters. The number of hydrogen-bond acceptors (Lipinski definition) is 11. The molecular weight excluding hydrogens is 807 g/mol. The van der Waals surface area contributed by atoms with Crippen molar-refractivity contribution >= 4 is 51.8 Å². The number of hydrogen-bond donors (Lipinski definition) is 4. The highest BCUT2D eigenvalue weighted by atomic mass is 16.5. The lowest BCUT2D eigenvalue weighted by Crippen LogP contribution is -2.52. The van der Waals surface area contributed by atoms with Gasteiger partial charge >= 0.3 is 12.2 Å². The Morgan fingerprint density at radius 2 is 1.17 bits per heavy atom. The summed E-state index contributed by atoms with van der Waals surface area (Å²) in [5, 5.41) is 5.56. The molecular formula is C46H55N9O8. The molecule has 6 heterocycles. The number of carbonyl (C=O) groups excluding carboxylic acids is 4. The first-order chi connectivity index (χ1) is 30.8. The number of carbonyl (C=O) groups is 4. The van der Waals surface area contributed by atoms with Crippen molar-refractivity contribution in [3.8, 4) is 0 Å². The van der Waals surface area contributed by atoms with E-state index in [2.05, 4.69) is 61.9 Å². The minimum atomic E-state index is -0.738. The number of imidazole rings is 2. The molecule has 4 saturated heterocycles. The van der Waals surface area contributed by atoms with E-state index >= 15 is 0 Å². The Hall–Kier alpha value is -6.20. The molecule has 17 heteroatoms. The number of methoxy groups -OCH3 is 2. The van der Waals surface area contributed by atoms with E-state index in [1.807, 2.05) is 40.1 Å². The average Bonchev–Trinajstić information content (AvgIpc) is 4.16. The van der Waals surface area contributed by atoms with E-state index in [1.165, 1.54) is 14.2 Å². The molecule has 4 fully saturated rings. The summed E-state index contributed by atoms with van der Waals surface area (Å²) in [5.74, 6) is 0.907. The number of H-pyrrole nitrogens is 2. The van der Waals surface area contributed by atoms with Crippen LogP contribution >= 0.6 is 0 Å². The Bertz CT molecular complexity index is 2280. The summed E-state index contributed by atoms with van der Waals surface area (Å²) in [6.45, 7) is 4.30. The zero-order valence-corrected chi connectivity index (χ0v) is 35.7. The van der Waals surface area contributed by atoms with Gasteiger partial charge in [0.25, 0.3) is 0 Å². The van der Waals surface area contributed by atoms with Gasteiger partial charge in [-0.15, -0.1) is 0 Å². The molecule has 9 rings (SSSR count). The Balaban J connectivity index is 0.919. The van der Waals surface area contributed by atoms with Crippen molar-refractivity contribution in [1.82, 2.24) is 40.4 Å². The number of benzene rings is 3. The summed E-state index contributed by atoms with van der Waals surface area (Å²) >= 11 is 0. The van der Waals surface area contributed by atoms with E-state index in [0.717, 1.165) is 76.2 Å². The van der Waals surface area contributed by atoms with Gasteiger partial charge in [0.15, 0.2) is 0 Å².